The fourth-order valence-corrected chi connectivity index (χ4v) is 3.28. The molecule has 132 valence electrons. The largest absolute Gasteiger partial charge is 0.481 e. The molecular weight excluding hydrogens is 355 g/mol. The first-order valence-corrected chi connectivity index (χ1v) is 8.83. The van der Waals surface area contributed by atoms with Crippen molar-refractivity contribution < 1.29 is 19.1 Å². The van der Waals surface area contributed by atoms with Crippen LogP contribution in [0.2, 0.25) is 0 Å². The van der Waals surface area contributed by atoms with Gasteiger partial charge in [-0.2, -0.15) is 0 Å². The molecule has 0 aliphatic carbocycles. The van der Waals surface area contributed by atoms with Crippen molar-refractivity contribution in [1.29, 1.82) is 0 Å². The molecule has 7 heteroatoms. The molecule has 1 heterocycles. The molecule has 1 aliphatic heterocycles. The molecule has 2 aromatic carbocycles. The first-order valence-electron chi connectivity index (χ1n) is 7.84. The highest BCUT2D eigenvalue weighted by atomic mass is 32.2. The number of carbonyl (C=O) groups excluding carboxylic acids is 1. The van der Waals surface area contributed by atoms with Gasteiger partial charge in [0.25, 0.3) is 5.91 Å². The summed E-state index contributed by atoms with van der Waals surface area (Å²) in [6, 6.07) is 14.8. The molecule has 0 saturated heterocycles. The minimum absolute atomic E-state index is 0.0302. The number of benzene rings is 2. The Morgan fingerprint density at radius 1 is 1.15 bits per heavy atom. The van der Waals surface area contributed by atoms with Gasteiger partial charge in [0.2, 0.25) is 0 Å². The molecule has 1 amide bonds. The van der Waals surface area contributed by atoms with Crippen molar-refractivity contribution in [3.8, 4) is 0 Å². The lowest BCUT2D eigenvalue weighted by molar-refractivity contribution is -0.136. The highest BCUT2D eigenvalue weighted by molar-refractivity contribution is 8.14. The number of hydrogen-bond donors (Lipinski definition) is 1. The molecule has 0 bridgehead atoms. The molecule has 1 N–H and O–H groups in total. The number of aliphatic imine (C=N–C) groups is 1. The quantitative estimate of drug-likeness (QED) is 0.813. The van der Waals surface area contributed by atoms with E-state index in [9.17, 15) is 14.0 Å². The van der Waals surface area contributed by atoms with E-state index in [2.05, 4.69) is 4.99 Å². The van der Waals surface area contributed by atoms with Gasteiger partial charge in [-0.25, -0.2) is 9.38 Å². The summed E-state index contributed by atoms with van der Waals surface area (Å²) < 4.78 is 13.1. The second kappa shape index (κ2) is 7.97. The van der Waals surface area contributed by atoms with E-state index < -0.39 is 5.97 Å². The number of amides is 1. The van der Waals surface area contributed by atoms with Crippen molar-refractivity contribution >= 4 is 40.6 Å². The van der Waals surface area contributed by atoms with Crippen LogP contribution in [0.1, 0.15) is 12.0 Å². The first-order chi connectivity index (χ1) is 12.5. The molecule has 2 aromatic rings. The first kappa shape index (κ1) is 17.9. The average molecular weight is 370 g/mol. The lowest BCUT2D eigenvalue weighted by Gasteiger charge is -2.17. The maximum Gasteiger partial charge on any atom is 0.304 e. The molecular formula is C19H15FN2O3S. The normalized spacial score (nSPS) is 15.4. The van der Waals surface area contributed by atoms with Crippen LogP contribution in [0.5, 0.6) is 0 Å². The SMILES string of the molecule is O=C(O)CCSC1=N/C(=C/c2ccc(F)cc2)C(=O)N1c1ccccc1. The lowest BCUT2D eigenvalue weighted by atomic mass is 10.2. The summed E-state index contributed by atoms with van der Waals surface area (Å²) in [4.78, 5) is 29.4. The molecule has 0 radical (unpaired) electrons. The van der Waals surface area contributed by atoms with Crippen LogP contribution in [0.15, 0.2) is 65.3 Å². The topological polar surface area (TPSA) is 70.0 Å². The van der Waals surface area contributed by atoms with Crippen LogP contribution < -0.4 is 4.90 Å². The van der Waals surface area contributed by atoms with E-state index in [1.807, 2.05) is 18.2 Å². The molecule has 0 saturated carbocycles. The smallest absolute Gasteiger partial charge is 0.304 e. The number of halogens is 1. The van der Waals surface area contributed by atoms with Crippen LogP contribution >= 0.6 is 11.8 Å². The number of carboxylic acid groups (broad SMARTS) is 1. The molecule has 5 nitrogen and oxygen atoms in total. The third-order valence-electron chi connectivity index (χ3n) is 3.56. The third kappa shape index (κ3) is 4.18. The number of para-hydroxylation sites is 1. The molecule has 0 unspecified atom stereocenters. The zero-order valence-corrected chi connectivity index (χ0v) is 14.4. The number of nitrogens with zero attached hydrogens (tertiary/aromatic N) is 2. The van der Waals surface area contributed by atoms with Crippen LogP contribution in [0.4, 0.5) is 10.1 Å². The summed E-state index contributed by atoms with van der Waals surface area (Å²) in [5, 5.41) is 9.24. The third-order valence-corrected chi connectivity index (χ3v) is 4.50. The number of carbonyl (C=O) groups is 2. The highest BCUT2D eigenvalue weighted by Crippen LogP contribution is 2.29. The predicted molar refractivity (Wildman–Crippen MR) is 100 cm³/mol. The van der Waals surface area contributed by atoms with E-state index in [1.54, 1.807) is 30.3 Å². The zero-order valence-electron chi connectivity index (χ0n) is 13.6. The van der Waals surface area contributed by atoms with Crippen LogP contribution in [0, 0.1) is 5.82 Å². The Morgan fingerprint density at radius 3 is 2.50 bits per heavy atom. The van der Waals surface area contributed by atoms with Crippen molar-refractivity contribution in [3.05, 3.63) is 71.7 Å². The van der Waals surface area contributed by atoms with Gasteiger partial charge in [0.1, 0.15) is 11.5 Å². The van der Waals surface area contributed by atoms with Crippen molar-refractivity contribution in [1.82, 2.24) is 0 Å². The Hall–Kier alpha value is -2.93. The number of rotatable bonds is 5. The van der Waals surface area contributed by atoms with Gasteiger partial charge in [-0.15, -0.1) is 0 Å². The summed E-state index contributed by atoms with van der Waals surface area (Å²) in [7, 11) is 0. The Kier molecular flexibility index (Phi) is 5.48. The fourth-order valence-electron chi connectivity index (χ4n) is 2.34. The van der Waals surface area contributed by atoms with Crippen molar-refractivity contribution in [2.24, 2.45) is 4.99 Å². The number of hydrogen-bond acceptors (Lipinski definition) is 4. The fraction of sp³-hybridized carbons (Fsp3) is 0.105. The molecule has 26 heavy (non-hydrogen) atoms. The molecule has 0 spiro atoms. The van der Waals surface area contributed by atoms with E-state index in [0.717, 1.165) is 0 Å². The minimum atomic E-state index is -0.907. The summed E-state index contributed by atoms with van der Waals surface area (Å²) in [5.41, 5.74) is 1.53. The Labute approximate surface area is 153 Å². The summed E-state index contributed by atoms with van der Waals surface area (Å²) in [5.74, 6) is -1.27. The Balaban J connectivity index is 1.91. The molecule has 3 rings (SSSR count). The summed E-state index contributed by atoms with van der Waals surface area (Å²) in [6.07, 6.45) is 1.56. The highest BCUT2D eigenvalue weighted by Gasteiger charge is 2.31. The molecule has 0 atom stereocenters. The number of amidine groups is 1. The van der Waals surface area contributed by atoms with Gasteiger partial charge in [-0.3, -0.25) is 14.5 Å². The minimum Gasteiger partial charge on any atom is -0.481 e. The lowest BCUT2D eigenvalue weighted by Crippen LogP contribution is -2.30. The number of aliphatic carboxylic acids is 1. The van der Waals surface area contributed by atoms with Gasteiger partial charge in [0.05, 0.1) is 12.1 Å². The van der Waals surface area contributed by atoms with Gasteiger partial charge in [0.15, 0.2) is 5.17 Å². The molecule has 0 fully saturated rings. The van der Waals surface area contributed by atoms with E-state index >= 15 is 0 Å². The Morgan fingerprint density at radius 2 is 1.85 bits per heavy atom. The molecule has 1 aliphatic rings. The maximum atomic E-state index is 13.1. The predicted octanol–water partition coefficient (Wildman–Crippen LogP) is 3.78. The van der Waals surface area contributed by atoms with E-state index in [1.165, 1.54) is 28.8 Å². The van der Waals surface area contributed by atoms with Gasteiger partial charge in [-0.1, -0.05) is 42.1 Å². The van der Waals surface area contributed by atoms with Gasteiger partial charge in [0, 0.05) is 5.75 Å². The van der Waals surface area contributed by atoms with Crippen molar-refractivity contribution in [3.63, 3.8) is 0 Å². The second-order valence-corrected chi connectivity index (χ2v) is 6.51. The second-order valence-electron chi connectivity index (χ2n) is 5.44. The molecule has 0 aromatic heterocycles. The van der Waals surface area contributed by atoms with Crippen LogP contribution in [-0.2, 0) is 9.59 Å². The number of anilines is 1. The van der Waals surface area contributed by atoms with Gasteiger partial charge < -0.3 is 5.11 Å². The van der Waals surface area contributed by atoms with Crippen LogP contribution in [0.25, 0.3) is 6.08 Å². The van der Waals surface area contributed by atoms with Crippen molar-refractivity contribution in [2.45, 2.75) is 6.42 Å². The van der Waals surface area contributed by atoms with Gasteiger partial charge >= 0.3 is 5.97 Å². The van der Waals surface area contributed by atoms with E-state index in [0.29, 0.717) is 22.2 Å². The standard InChI is InChI=1S/C19H15FN2O3S/c20-14-8-6-13(7-9-14)12-16-18(25)22(15-4-2-1-3-5-15)19(21-16)26-11-10-17(23)24/h1-9,12H,10-11H2,(H,23,24)/b16-12+. The monoisotopic (exact) mass is 370 g/mol. The maximum absolute atomic E-state index is 13.1. The van der Waals surface area contributed by atoms with Crippen molar-refractivity contribution in [2.75, 3.05) is 10.7 Å². The van der Waals surface area contributed by atoms with Gasteiger partial charge in [-0.05, 0) is 35.9 Å². The van der Waals surface area contributed by atoms with Crippen LogP contribution in [0.3, 0.4) is 0 Å². The summed E-state index contributed by atoms with van der Waals surface area (Å²) in [6.45, 7) is 0. The van der Waals surface area contributed by atoms with Crippen LogP contribution in [-0.4, -0.2) is 27.9 Å². The van der Waals surface area contributed by atoms with E-state index in [-0.39, 0.29) is 23.8 Å². The zero-order chi connectivity index (χ0) is 18.5. The van der Waals surface area contributed by atoms with E-state index in [4.69, 9.17) is 5.11 Å². The average Bonchev–Trinajstić information content (AvgIpc) is 2.93. The summed E-state index contributed by atoms with van der Waals surface area (Å²) >= 11 is 1.21. The number of thioether (sulfide) groups is 1. The Bertz CT molecular complexity index is 879. The number of carboxylic acids is 1.